The normalized spacial score (nSPS) is 25.5. The SMILES string of the molecule is CCN(C(=O)[C@@H]1CCC(=O)N1)[C@@H]1CCN([C@@H](C)c2ccccc2)C1. The zero-order valence-corrected chi connectivity index (χ0v) is 14.6. The van der Waals surface area contributed by atoms with Crippen LogP contribution in [-0.2, 0) is 9.59 Å². The van der Waals surface area contributed by atoms with Crippen molar-refractivity contribution >= 4 is 11.8 Å². The van der Waals surface area contributed by atoms with Gasteiger partial charge >= 0.3 is 0 Å². The van der Waals surface area contributed by atoms with E-state index in [0.717, 1.165) is 19.5 Å². The predicted octanol–water partition coefficient (Wildman–Crippen LogP) is 1.95. The molecular weight excluding hydrogens is 302 g/mol. The van der Waals surface area contributed by atoms with Crippen LogP contribution in [0.3, 0.4) is 0 Å². The van der Waals surface area contributed by atoms with E-state index < -0.39 is 0 Å². The van der Waals surface area contributed by atoms with E-state index in [-0.39, 0.29) is 23.9 Å². The molecule has 130 valence electrons. The molecule has 5 heteroatoms. The molecule has 0 aromatic heterocycles. The second kappa shape index (κ2) is 7.34. The van der Waals surface area contributed by atoms with Gasteiger partial charge in [0.05, 0.1) is 0 Å². The van der Waals surface area contributed by atoms with Gasteiger partial charge < -0.3 is 10.2 Å². The van der Waals surface area contributed by atoms with Gasteiger partial charge in [-0.1, -0.05) is 30.3 Å². The molecule has 3 atom stereocenters. The number of hydrogen-bond donors (Lipinski definition) is 1. The fourth-order valence-corrected chi connectivity index (χ4v) is 3.91. The van der Waals surface area contributed by atoms with Gasteiger partial charge in [0, 0.05) is 38.1 Å². The minimum absolute atomic E-state index is 0.00449. The molecule has 1 aromatic rings. The van der Waals surface area contributed by atoms with Crippen molar-refractivity contribution in [2.45, 2.75) is 51.2 Å². The van der Waals surface area contributed by atoms with Gasteiger partial charge in [-0.25, -0.2) is 0 Å². The molecule has 2 fully saturated rings. The number of likely N-dealkylation sites (N-methyl/N-ethyl adjacent to an activating group) is 1. The van der Waals surface area contributed by atoms with Crippen LogP contribution in [0, 0.1) is 0 Å². The minimum Gasteiger partial charge on any atom is -0.344 e. The van der Waals surface area contributed by atoms with Crippen LogP contribution in [0.15, 0.2) is 30.3 Å². The maximum Gasteiger partial charge on any atom is 0.245 e. The van der Waals surface area contributed by atoms with Gasteiger partial charge in [-0.3, -0.25) is 14.5 Å². The summed E-state index contributed by atoms with van der Waals surface area (Å²) < 4.78 is 0. The van der Waals surface area contributed by atoms with Crippen LogP contribution in [0.2, 0.25) is 0 Å². The maximum absolute atomic E-state index is 12.7. The van der Waals surface area contributed by atoms with E-state index in [2.05, 4.69) is 41.4 Å². The summed E-state index contributed by atoms with van der Waals surface area (Å²) in [6.07, 6.45) is 2.10. The molecule has 0 saturated carbocycles. The number of nitrogens with one attached hydrogen (secondary N) is 1. The van der Waals surface area contributed by atoms with E-state index in [4.69, 9.17) is 0 Å². The topological polar surface area (TPSA) is 52.7 Å². The van der Waals surface area contributed by atoms with Crippen molar-refractivity contribution in [1.82, 2.24) is 15.1 Å². The van der Waals surface area contributed by atoms with Crippen molar-refractivity contribution in [1.29, 1.82) is 0 Å². The maximum atomic E-state index is 12.7. The van der Waals surface area contributed by atoms with Crippen LogP contribution >= 0.6 is 0 Å². The fourth-order valence-electron chi connectivity index (χ4n) is 3.91. The summed E-state index contributed by atoms with van der Waals surface area (Å²) in [5.41, 5.74) is 1.32. The quantitative estimate of drug-likeness (QED) is 0.898. The van der Waals surface area contributed by atoms with Crippen LogP contribution in [0.1, 0.15) is 44.7 Å². The van der Waals surface area contributed by atoms with E-state index in [9.17, 15) is 9.59 Å². The summed E-state index contributed by atoms with van der Waals surface area (Å²) in [4.78, 5) is 28.6. The largest absolute Gasteiger partial charge is 0.344 e. The standard InChI is InChI=1S/C19H27N3O2/c1-3-22(19(24)17-9-10-18(23)20-17)16-11-12-21(13-16)14(2)15-7-5-4-6-8-15/h4-8,14,16-17H,3,9-13H2,1-2H3,(H,20,23)/t14-,16+,17-/m0/s1. The molecular formula is C19H27N3O2. The van der Waals surface area contributed by atoms with Crippen LogP contribution in [0.5, 0.6) is 0 Å². The van der Waals surface area contributed by atoms with Gasteiger partial charge in [0.15, 0.2) is 0 Å². The first-order chi connectivity index (χ1) is 11.6. The average Bonchev–Trinajstić information content (AvgIpc) is 3.25. The third kappa shape index (κ3) is 3.46. The Labute approximate surface area is 144 Å². The molecule has 2 aliphatic heterocycles. The Hall–Kier alpha value is -1.88. The summed E-state index contributed by atoms with van der Waals surface area (Å²) >= 11 is 0. The van der Waals surface area contributed by atoms with Crippen LogP contribution < -0.4 is 5.32 Å². The Bertz CT molecular complexity index is 590. The minimum atomic E-state index is -0.321. The second-order valence-electron chi connectivity index (χ2n) is 6.81. The molecule has 1 N–H and O–H groups in total. The van der Waals surface area contributed by atoms with E-state index in [1.54, 1.807) is 0 Å². The molecule has 2 saturated heterocycles. The summed E-state index contributed by atoms with van der Waals surface area (Å²) in [7, 11) is 0. The predicted molar refractivity (Wildman–Crippen MR) is 93.4 cm³/mol. The summed E-state index contributed by atoms with van der Waals surface area (Å²) in [5.74, 6) is 0.0812. The summed E-state index contributed by atoms with van der Waals surface area (Å²) in [6, 6.07) is 10.8. The van der Waals surface area contributed by atoms with E-state index in [1.165, 1.54) is 5.56 Å². The Morgan fingerprint density at radius 2 is 2.08 bits per heavy atom. The zero-order valence-electron chi connectivity index (χ0n) is 14.6. The van der Waals surface area contributed by atoms with Gasteiger partial charge in [0.1, 0.15) is 6.04 Å². The van der Waals surface area contributed by atoms with Crippen molar-refractivity contribution in [2.75, 3.05) is 19.6 Å². The van der Waals surface area contributed by atoms with Gasteiger partial charge in [0.2, 0.25) is 11.8 Å². The van der Waals surface area contributed by atoms with Gasteiger partial charge in [0.25, 0.3) is 0 Å². The molecule has 0 unspecified atom stereocenters. The molecule has 0 spiro atoms. The smallest absolute Gasteiger partial charge is 0.245 e. The molecule has 0 bridgehead atoms. The highest BCUT2D eigenvalue weighted by Gasteiger charge is 2.36. The summed E-state index contributed by atoms with van der Waals surface area (Å²) in [6.45, 7) is 6.85. The number of nitrogens with zero attached hydrogens (tertiary/aromatic N) is 2. The molecule has 2 heterocycles. The highest BCUT2D eigenvalue weighted by atomic mass is 16.2. The Kier molecular flexibility index (Phi) is 5.19. The first kappa shape index (κ1) is 17.0. The number of carbonyl (C=O) groups excluding carboxylic acids is 2. The average molecular weight is 329 g/mol. The monoisotopic (exact) mass is 329 g/mol. The van der Waals surface area contributed by atoms with Crippen molar-refractivity contribution in [2.24, 2.45) is 0 Å². The summed E-state index contributed by atoms with van der Waals surface area (Å²) in [5, 5.41) is 2.81. The number of carbonyl (C=O) groups is 2. The van der Waals surface area contributed by atoms with Crippen molar-refractivity contribution in [3.63, 3.8) is 0 Å². The molecule has 24 heavy (non-hydrogen) atoms. The van der Waals surface area contributed by atoms with Gasteiger partial charge in [-0.15, -0.1) is 0 Å². The van der Waals surface area contributed by atoms with Crippen LogP contribution in [0.4, 0.5) is 0 Å². The highest BCUT2D eigenvalue weighted by molar-refractivity contribution is 5.91. The lowest BCUT2D eigenvalue weighted by Crippen LogP contribution is -2.49. The van der Waals surface area contributed by atoms with E-state index in [1.807, 2.05) is 17.9 Å². The first-order valence-electron chi connectivity index (χ1n) is 8.99. The second-order valence-corrected chi connectivity index (χ2v) is 6.81. The van der Waals surface area contributed by atoms with E-state index in [0.29, 0.717) is 25.4 Å². The Morgan fingerprint density at radius 1 is 1.33 bits per heavy atom. The molecule has 1 aromatic carbocycles. The third-order valence-corrected chi connectivity index (χ3v) is 5.38. The van der Waals surface area contributed by atoms with Gasteiger partial charge in [-0.05, 0) is 32.3 Å². The van der Waals surface area contributed by atoms with Crippen molar-refractivity contribution in [3.8, 4) is 0 Å². The Balaban J connectivity index is 1.63. The fraction of sp³-hybridized carbons (Fsp3) is 0.579. The number of rotatable bonds is 5. The number of likely N-dealkylation sites (tertiary alicyclic amines) is 1. The Morgan fingerprint density at radius 3 is 2.71 bits per heavy atom. The lowest BCUT2D eigenvalue weighted by molar-refractivity contribution is -0.136. The number of benzene rings is 1. The van der Waals surface area contributed by atoms with Crippen LogP contribution in [-0.4, -0.2) is 53.3 Å². The molecule has 0 radical (unpaired) electrons. The molecule has 2 aliphatic rings. The molecule has 2 amide bonds. The van der Waals surface area contributed by atoms with E-state index >= 15 is 0 Å². The molecule has 3 rings (SSSR count). The number of hydrogen-bond acceptors (Lipinski definition) is 3. The third-order valence-electron chi connectivity index (χ3n) is 5.38. The lowest BCUT2D eigenvalue weighted by atomic mass is 10.1. The van der Waals surface area contributed by atoms with Crippen molar-refractivity contribution in [3.05, 3.63) is 35.9 Å². The van der Waals surface area contributed by atoms with Crippen LogP contribution in [0.25, 0.3) is 0 Å². The lowest BCUT2D eigenvalue weighted by Gasteiger charge is -2.31. The highest BCUT2D eigenvalue weighted by Crippen LogP contribution is 2.27. The van der Waals surface area contributed by atoms with Crippen molar-refractivity contribution < 1.29 is 9.59 Å². The molecule has 5 nitrogen and oxygen atoms in total. The number of amides is 2. The van der Waals surface area contributed by atoms with Gasteiger partial charge in [-0.2, -0.15) is 0 Å². The molecule has 0 aliphatic carbocycles. The first-order valence-corrected chi connectivity index (χ1v) is 8.99. The zero-order chi connectivity index (χ0) is 17.1.